The van der Waals surface area contributed by atoms with Crippen molar-refractivity contribution in [2.45, 2.75) is 104 Å². The molecule has 0 bridgehead atoms. The van der Waals surface area contributed by atoms with Crippen LogP contribution in [-0.4, -0.2) is 5.11 Å². The third-order valence-corrected chi connectivity index (χ3v) is 5.27. The Balaban J connectivity index is 2.35. The lowest BCUT2D eigenvalue weighted by Gasteiger charge is -2.16. The Morgan fingerprint density at radius 1 is 0.958 bits per heavy atom. The molecule has 2 atom stereocenters. The summed E-state index contributed by atoms with van der Waals surface area (Å²) in [5.74, 6) is 0.815. The second kappa shape index (κ2) is 13.5. The molecule has 1 aromatic rings. The molecule has 0 aliphatic heterocycles. The van der Waals surface area contributed by atoms with Crippen molar-refractivity contribution in [3.8, 4) is 0 Å². The van der Waals surface area contributed by atoms with Gasteiger partial charge in [-0.25, -0.2) is 0 Å². The number of aliphatic hydroxyl groups is 1. The lowest BCUT2D eigenvalue weighted by molar-refractivity contribution is 0.161. The van der Waals surface area contributed by atoms with Crippen molar-refractivity contribution in [2.75, 3.05) is 0 Å². The van der Waals surface area contributed by atoms with E-state index >= 15 is 0 Å². The molecule has 0 aliphatic rings. The zero-order valence-corrected chi connectivity index (χ0v) is 16.3. The van der Waals surface area contributed by atoms with E-state index in [2.05, 4.69) is 32.9 Å². The monoisotopic (exact) mass is 331 g/mol. The molecule has 0 saturated carbocycles. The average Bonchev–Trinajstić information content (AvgIpc) is 2.61. The van der Waals surface area contributed by atoms with E-state index in [0.29, 0.717) is 0 Å². The number of benzene rings is 1. The molecule has 1 rings (SSSR count). The molecule has 0 amide bonds. The van der Waals surface area contributed by atoms with Crippen LogP contribution in [0.5, 0.6) is 0 Å². The van der Waals surface area contributed by atoms with Gasteiger partial charge in [0.15, 0.2) is 0 Å². The van der Waals surface area contributed by atoms with Gasteiger partial charge in [-0.1, -0.05) is 90.7 Å². The van der Waals surface area contributed by atoms with E-state index in [9.17, 15) is 5.11 Å². The molecule has 0 fully saturated rings. The van der Waals surface area contributed by atoms with Gasteiger partial charge in [0.25, 0.3) is 0 Å². The standard InChI is InChI=1S/C23H39O/c1-4-6-7-8-9-10-16-21-17-12-13-18-22(21)23(24)19-14-11-15-20(3)5-2/h12,17-18,20,23-24H,4-11,14-16,19H2,1-3H3. The molecule has 0 spiro atoms. The first-order chi connectivity index (χ1) is 11.7. The highest BCUT2D eigenvalue weighted by Gasteiger charge is 2.12. The molecule has 137 valence electrons. The van der Waals surface area contributed by atoms with Crippen LogP contribution >= 0.6 is 0 Å². The van der Waals surface area contributed by atoms with Crippen LogP contribution in [0.4, 0.5) is 0 Å². The molecule has 1 heteroatoms. The second-order valence-corrected chi connectivity index (χ2v) is 7.46. The van der Waals surface area contributed by atoms with Gasteiger partial charge in [-0.3, -0.25) is 0 Å². The second-order valence-electron chi connectivity index (χ2n) is 7.46. The van der Waals surface area contributed by atoms with Crippen LogP contribution in [0.3, 0.4) is 0 Å². The van der Waals surface area contributed by atoms with E-state index in [1.807, 2.05) is 12.1 Å². The summed E-state index contributed by atoms with van der Waals surface area (Å²) in [7, 11) is 0. The summed E-state index contributed by atoms with van der Waals surface area (Å²) < 4.78 is 0. The van der Waals surface area contributed by atoms with Gasteiger partial charge in [0.1, 0.15) is 0 Å². The summed E-state index contributed by atoms with van der Waals surface area (Å²) in [4.78, 5) is 0. The van der Waals surface area contributed by atoms with Crippen LogP contribution in [0.2, 0.25) is 0 Å². The van der Waals surface area contributed by atoms with Crippen molar-refractivity contribution in [3.63, 3.8) is 0 Å². The smallest absolute Gasteiger partial charge is 0.0792 e. The third-order valence-electron chi connectivity index (χ3n) is 5.27. The van der Waals surface area contributed by atoms with Crippen molar-refractivity contribution in [1.29, 1.82) is 0 Å². The summed E-state index contributed by atoms with van der Waals surface area (Å²) in [5.41, 5.74) is 2.45. The van der Waals surface area contributed by atoms with Crippen LogP contribution in [-0.2, 0) is 6.42 Å². The Morgan fingerprint density at radius 2 is 1.67 bits per heavy atom. The molecule has 1 radical (unpaired) electrons. The molecule has 24 heavy (non-hydrogen) atoms. The molecule has 1 N–H and O–H groups in total. The zero-order chi connectivity index (χ0) is 17.6. The Morgan fingerprint density at radius 3 is 2.42 bits per heavy atom. The molecule has 2 unspecified atom stereocenters. The van der Waals surface area contributed by atoms with Gasteiger partial charge in [0, 0.05) is 0 Å². The number of aliphatic hydroxyl groups excluding tert-OH is 1. The van der Waals surface area contributed by atoms with Crippen LogP contribution in [0.1, 0.15) is 109 Å². The van der Waals surface area contributed by atoms with Gasteiger partial charge in [-0.15, -0.1) is 0 Å². The number of hydrogen-bond acceptors (Lipinski definition) is 1. The summed E-state index contributed by atoms with van der Waals surface area (Å²) >= 11 is 0. The lowest BCUT2D eigenvalue weighted by atomic mass is 9.93. The maximum atomic E-state index is 10.6. The highest BCUT2D eigenvalue weighted by atomic mass is 16.3. The predicted molar refractivity (Wildman–Crippen MR) is 105 cm³/mol. The average molecular weight is 332 g/mol. The fraction of sp³-hybridized carbons (Fsp3) is 0.739. The predicted octanol–water partition coefficient (Wildman–Crippen LogP) is 7.03. The molecular weight excluding hydrogens is 292 g/mol. The van der Waals surface area contributed by atoms with Gasteiger partial charge in [-0.2, -0.15) is 0 Å². The quantitative estimate of drug-likeness (QED) is 0.363. The van der Waals surface area contributed by atoms with Gasteiger partial charge in [0.2, 0.25) is 0 Å². The van der Waals surface area contributed by atoms with Crippen LogP contribution < -0.4 is 0 Å². The van der Waals surface area contributed by atoms with E-state index in [1.54, 1.807) is 0 Å². The first-order valence-electron chi connectivity index (χ1n) is 10.4. The minimum atomic E-state index is -0.311. The highest BCUT2D eigenvalue weighted by Crippen LogP contribution is 2.25. The number of rotatable bonds is 14. The molecule has 0 aromatic heterocycles. The Hall–Kier alpha value is -0.820. The van der Waals surface area contributed by atoms with Crippen LogP contribution in [0, 0.1) is 12.0 Å². The Kier molecular flexibility index (Phi) is 11.9. The minimum Gasteiger partial charge on any atom is -0.388 e. The normalized spacial score (nSPS) is 13.8. The van der Waals surface area contributed by atoms with Gasteiger partial charge in [0.05, 0.1) is 6.10 Å². The van der Waals surface area contributed by atoms with E-state index in [1.165, 1.54) is 63.4 Å². The van der Waals surface area contributed by atoms with Crippen molar-refractivity contribution < 1.29 is 5.11 Å². The Bertz CT molecular complexity index is 412. The summed E-state index contributed by atoms with van der Waals surface area (Å²) in [6.07, 6.45) is 14.5. The van der Waals surface area contributed by atoms with E-state index < -0.39 is 0 Å². The molecule has 0 saturated heterocycles. The molecule has 1 aromatic carbocycles. The highest BCUT2D eigenvalue weighted by molar-refractivity contribution is 5.28. The summed E-state index contributed by atoms with van der Waals surface area (Å²) in [6.45, 7) is 6.84. The van der Waals surface area contributed by atoms with Crippen molar-refractivity contribution in [3.05, 3.63) is 35.4 Å². The van der Waals surface area contributed by atoms with Crippen LogP contribution in [0.15, 0.2) is 18.2 Å². The molecule has 0 heterocycles. The van der Waals surface area contributed by atoms with Gasteiger partial charge < -0.3 is 5.11 Å². The maximum absolute atomic E-state index is 10.6. The fourth-order valence-electron chi connectivity index (χ4n) is 3.30. The SMILES string of the molecule is CCCCCCCCc1cc[c]cc1C(O)CCCCC(C)CC. The summed E-state index contributed by atoms with van der Waals surface area (Å²) in [6, 6.07) is 9.31. The van der Waals surface area contributed by atoms with Crippen molar-refractivity contribution in [1.82, 2.24) is 0 Å². The topological polar surface area (TPSA) is 20.2 Å². The third kappa shape index (κ3) is 8.87. The van der Waals surface area contributed by atoms with Crippen LogP contribution in [0.25, 0.3) is 0 Å². The largest absolute Gasteiger partial charge is 0.388 e. The lowest BCUT2D eigenvalue weighted by Crippen LogP contribution is -2.03. The van der Waals surface area contributed by atoms with E-state index in [4.69, 9.17) is 0 Å². The van der Waals surface area contributed by atoms with Gasteiger partial charge in [-0.05, 0) is 48.4 Å². The Labute approximate surface area is 150 Å². The van der Waals surface area contributed by atoms with Crippen molar-refractivity contribution >= 4 is 0 Å². The van der Waals surface area contributed by atoms with E-state index in [-0.39, 0.29) is 6.10 Å². The fourth-order valence-corrected chi connectivity index (χ4v) is 3.30. The molecular formula is C23H39O. The van der Waals surface area contributed by atoms with E-state index in [0.717, 1.165) is 30.7 Å². The minimum absolute atomic E-state index is 0.311. The molecule has 1 nitrogen and oxygen atoms in total. The first kappa shape index (κ1) is 21.2. The molecule has 0 aliphatic carbocycles. The zero-order valence-electron chi connectivity index (χ0n) is 16.3. The van der Waals surface area contributed by atoms with Gasteiger partial charge >= 0.3 is 0 Å². The number of unbranched alkanes of at least 4 members (excludes halogenated alkanes) is 6. The first-order valence-corrected chi connectivity index (χ1v) is 10.4. The summed E-state index contributed by atoms with van der Waals surface area (Å²) in [5, 5.41) is 10.6. The number of aryl methyl sites for hydroxylation is 1. The maximum Gasteiger partial charge on any atom is 0.0792 e. The number of hydrogen-bond donors (Lipinski definition) is 1. The van der Waals surface area contributed by atoms with Crippen molar-refractivity contribution in [2.24, 2.45) is 5.92 Å².